The van der Waals surface area contributed by atoms with Gasteiger partial charge in [0.2, 0.25) is 0 Å². The van der Waals surface area contributed by atoms with Gasteiger partial charge < -0.3 is 9.84 Å². The van der Waals surface area contributed by atoms with Gasteiger partial charge >= 0.3 is 17.9 Å². The van der Waals surface area contributed by atoms with Gasteiger partial charge in [-0.1, -0.05) is 20.8 Å². The molecule has 0 bridgehead atoms. The van der Waals surface area contributed by atoms with Crippen LogP contribution in [0.1, 0.15) is 40.0 Å². The predicted octanol–water partition coefficient (Wildman–Crippen LogP) is 1.36. The zero-order chi connectivity index (χ0) is 11.6. The Balaban J connectivity index is 0. The lowest BCUT2D eigenvalue weighted by Crippen LogP contribution is -2.09. The molecule has 0 aromatic rings. The zero-order valence-corrected chi connectivity index (χ0v) is 8.70. The van der Waals surface area contributed by atoms with Gasteiger partial charge in [0, 0.05) is 19.3 Å². The molecule has 1 N–H and O–H groups in total. The second-order valence-corrected chi connectivity index (χ2v) is 2.30. The van der Waals surface area contributed by atoms with Gasteiger partial charge in [0.1, 0.15) is 0 Å². The maximum absolute atomic E-state index is 10.3. The molecule has 0 unspecified atom stereocenters. The first-order chi connectivity index (χ1) is 6.47. The van der Waals surface area contributed by atoms with E-state index in [-0.39, 0.29) is 19.3 Å². The summed E-state index contributed by atoms with van der Waals surface area (Å²) in [6, 6.07) is 0. The molecular formula is C9H16O5. The highest BCUT2D eigenvalue weighted by atomic mass is 16.6. The number of esters is 2. The molecule has 0 saturated carbocycles. The van der Waals surface area contributed by atoms with E-state index in [4.69, 9.17) is 5.11 Å². The largest absolute Gasteiger partial charge is 0.481 e. The third kappa shape index (κ3) is 13.2. The van der Waals surface area contributed by atoms with Gasteiger partial charge in [-0.3, -0.25) is 14.4 Å². The average Bonchev–Trinajstić information content (AvgIpc) is 2.18. The van der Waals surface area contributed by atoms with Crippen molar-refractivity contribution in [3.63, 3.8) is 0 Å². The highest BCUT2D eigenvalue weighted by molar-refractivity contribution is 5.84. The standard InChI is InChI=1S/C6H10O3.C3H6O2/c1-3-5(7)9-6(8)4-2;1-2-3(4)5/h3-4H2,1-2H3;2H2,1H3,(H,4,5). The molecule has 0 atom stereocenters. The number of hydrogen-bond donors (Lipinski definition) is 1. The van der Waals surface area contributed by atoms with Gasteiger partial charge in [0.25, 0.3) is 0 Å². The molecular weight excluding hydrogens is 188 g/mol. The van der Waals surface area contributed by atoms with Crippen LogP contribution in [-0.2, 0) is 19.1 Å². The monoisotopic (exact) mass is 204 g/mol. The summed E-state index contributed by atoms with van der Waals surface area (Å²) in [4.78, 5) is 30.0. The van der Waals surface area contributed by atoms with Crippen LogP contribution in [0.2, 0.25) is 0 Å². The molecule has 14 heavy (non-hydrogen) atoms. The van der Waals surface area contributed by atoms with Crippen molar-refractivity contribution in [3.05, 3.63) is 0 Å². The predicted molar refractivity (Wildman–Crippen MR) is 49.6 cm³/mol. The summed E-state index contributed by atoms with van der Waals surface area (Å²) in [6.45, 7) is 4.89. The number of carbonyl (C=O) groups excluding carboxylic acids is 2. The van der Waals surface area contributed by atoms with Gasteiger partial charge in [-0.05, 0) is 0 Å². The Kier molecular flexibility index (Phi) is 10.5. The highest BCUT2D eigenvalue weighted by Crippen LogP contribution is 1.88. The van der Waals surface area contributed by atoms with E-state index >= 15 is 0 Å². The van der Waals surface area contributed by atoms with Crippen molar-refractivity contribution in [2.75, 3.05) is 0 Å². The Hall–Kier alpha value is -1.39. The highest BCUT2D eigenvalue weighted by Gasteiger charge is 2.03. The van der Waals surface area contributed by atoms with E-state index in [1.165, 1.54) is 0 Å². The molecule has 0 aliphatic rings. The van der Waals surface area contributed by atoms with Crippen molar-refractivity contribution in [2.24, 2.45) is 0 Å². The fourth-order valence-corrected chi connectivity index (χ4v) is 0.271. The molecule has 0 heterocycles. The van der Waals surface area contributed by atoms with Crippen LogP contribution >= 0.6 is 0 Å². The van der Waals surface area contributed by atoms with Gasteiger partial charge in [-0.15, -0.1) is 0 Å². The summed E-state index contributed by atoms with van der Waals surface area (Å²) in [7, 11) is 0. The SMILES string of the molecule is CCC(=O)O.CCC(=O)OC(=O)CC. The Bertz CT molecular complexity index is 183. The van der Waals surface area contributed by atoms with Crippen LogP contribution in [0, 0.1) is 0 Å². The lowest BCUT2D eigenvalue weighted by atomic mass is 10.5. The van der Waals surface area contributed by atoms with Gasteiger partial charge in [0.15, 0.2) is 0 Å². The number of carboxylic acids is 1. The van der Waals surface area contributed by atoms with E-state index in [0.29, 0.717) is 0 Å². The number of carbonyl (C=O) groups is 3. The van der Waals surface area contributed by atoms with Crippen molar-refractivity contribution in [2.45, 2.75) is 40.0 Å². The second kappa shape index (κ2) is 9.70. The topological polar surface area (TPSA) is 80.7 Å². The smallest absolute Gasteiger partial charge is 0.313 e. The summed E-state index contributed by atoms with van der Waals surface area (Å²) >= 11 is 0. The van der Waals surface area contributed by atoms with Crippen molar-refractivity contribution in [1.29, 1.82) is 0 Å². The Morgan fingerprint density at radius 2 is 1.21 bits per heavy atom. The lowest BCUT2D eigenvalue weighted by molar-refractivity contribution is -0.159. The first kappa shape index (κ1) is 15.1. The maximum atomic E-state index is 10.3. The molecule has 0 aromatic heterocycles. The molecule has 0 spiro atoms. The number of ether oxygens (including phenoxy) is 1. The van der Waals surface area contributed by atoms with Crippen LogP contribution in [0.3, 0.4) is 0 Å². The molecule has 0 fully saturated rings. The first-order valence-corrected chi connectivity index (χ1v) is 4.43. The minimum absolute atomic E-state index is 0.222. The average molecular weight is 204 g/mol. The van der Waals surface area contributed by atoms with Crippen LogP contribution in [0.4, 0.5) is 0 Å². The van der Waals surface area contributed by atoms with E-state index in [1.54, 1.807) is 20.8 Å². The van der Waals surface area contributed by atoms with Crippen LogP contribution in [0.5, 0.6) is 0 Å². The number of aliphatic carboxylic acids is 1. The summed E-state index contributed by atoms with van der Waals surface area (Å²) in [5.74, 6) is -1.66. The fraction of sp³-hybridized carbons (Fsp3) is 0.667. The molecule has 0 aliphatic heterocycles. The van der Waals surface area contributed by atoms with E-state index in [2.05, 4.69) is 4.74 Å². The molecule has 0 amide bonds. The van der Waals surface area contributed by atoms with Crippen LogP contribution < -0.4 is 0 Å². The van der Waals surface area contributed by atoms with Gasteiger partial charge in [0.05, 0.1) is 0 Å². The van der Waals surface area contributed by atoms with E-state index in [1.807, 2.05) is 0 Å². The molecule has 0 aliphatic carbocycles. The molecule has 0 rings (SSSR count). The fourth-order valence-electron chi connectivity index (χ4n) is 0.271. The Morgan fingerprint density at radius 3 is 1.36 bits per heavy atom. The van der Waals surface area contributed by atoms with Crippen LogP contribution in [-0.4, -0.2) is 23.0 Å². The van der Waals surface area contributed by atoms with Crippen molar-refractivity contribution < 1.29 is 24.2 Å². The molecule has 5 heteroatoms. The first-order valence-electron chi connectivity index (χ1n) is 4.43. The number of rotatable bonds is 3. The number of hydrogen-bond acceptors (Lipinski definition) is 4. The van der Waals surface area contributed by atoms with Crippen molar-refractivity contribution in [3.8, 4) is 0 Å². The maximum Gasteiger partial charge on any atom is 0.313 e. The molecule has 0 radical (unpaired) electrons. The Morgan fingerprint density at radius 1 is 0.929 bits per heavy atom. The molecule has 5 nitrogen and oxygen atoms in total. The number of carboxylic acid groups (broad SMARTS) is 1. The van der Waals surface area contributed by atoms with Crippen molar-refractivity contribution in [1.82, 2.24) is 0 Å². The molecule has 0 aromatic carbocycles. The molecule has 0 saturated heterocycles. The summed E-state index contributed by atoms with van der Waals surface area (Å²) in [5.41, 5.74) is 0. The quantitative estimate of drug-likeness (QED) is 0.554. The minimum Gasteiger partial charge on any atom is -0.481 e. The summed E-state index contributed by atoms with van der Waals surface area (Å²) in [5, 5.41) is 7.72. The second-order valence-electron chi connectivity index (χ2n) is 2.30. The molecule has 82 valence electrons. The van der Waals surface area contributed by atoms with E-state index in [0.717, 1.165) is 0 Å². The Labute approximate surface area is 83.1 Å². The minimum atomic E-state index is -0.745. The van der Waals surface area contributed by atoms with Crippen molar-refractivity contribution >= 4 is 17.9 Å². The summed E-state index contributed by atoms with van der Waals surface area (Å²) < 4.78 is 4.27. The lowest BCUT2D eigenvalue weighted by Gasteiger charge is -1.95. The van der Waals surface area contributed by atoms with E-state index in [9.17, 15) is 14.4 Å². The van der Waals surface area contributed by atoms with E-state index < -0.39 is 17.9 Å². The van der Waals surface area contributed by atoms with Crippen LogP contribution in [0.15, 0.2) is 0 Å². The third-order valence-corrected chi connectivity index (χ3v) is 1.11. The third-order valence-electron chi connectivity index (χ3n) is 1.11. The van der Waals surface area contributed by atoms with Gasteiger partial charge in [-0.2, -0.15) is 0 Å². The zero-order valence-electron chi connectivity index (χ0n) is 8.70. The van der Waals surface area contributed by atoms with Gasteiger partial charge in [-0.25, -0.2) is 0 Å². The normalized spacial score (nSPS) is 8.21. The van der Waals surface area contributed by atoms with Crippen LogP contribution in [0.25, 0.3) is 0 Å². The summed E-state index contributed by atoms with van der Waals surface area (Å²) in [6.07, 6.45) is 0.734.